The second kappa shape index (κ2) is 5.56. The van der Waals surface area contributed by atoms with Crippen molar-refractivity contribution in [1.82, 2.24) is 4.72 Å². The molecule has 0 bridgehead atoms. The molecule has 0 atom stereocenters. The third kappa shape index (κ3) is 3.75. The predicted octanol–water partition coefficient (Wildman–Crippen LogP) is 2.06. The Balaban J connectivity index is 3.33. The van der Waals surface area contributed by atoms with Crippen molar-refractivity contribution in [3.05, 3.63) is 29.1 Å². The monoisotopic (exact) mass is 288 g/mol. The second-order valence-corrected chi connectivity index (χ2v) is 6.90. The molecule has 6 heteroatoms. The van der Waals surface area contributed by atoms with Gasteiger partial charge in [0.2, 0.25) is 10.0 Å². The Morgan fingerprint density at radius 2 is 1.95 bits per heavy atom. The van der Waals surface area contributed by atoms with E-state index >= 15 is 0 Å². The van der Waals surface area contributed by atoms with E-state index in [0.29, 0.717) is 12.0 Å². The van der Waals surface area contributed by atoms with E-state index in [2.05, 4.69) is 4.72 Å². The van der Waals surface area contributed by atoms with Crippen LogP contribution in [0.25, 0.3) is 0 Å². The minimum Gasteiger partial charge on any atom is -0.326 e. The maximum Gasteiger partial charge on any atom is 0.241 e. The second-order valence-electron chi connectivity index (χ2n) is 5.25. The van der Waals surface area contributed by atoms with E-state index in [0.717, 1.165) is 0 Å². The summed E-state index contributed by atoms with van der Waals surface area (Å²) in [6.07, 6.45) is 0.629. The smallest absolute Gasteiger partial charge is 0.241 e. The van der Waals surface area contributed by atoms with Gasteiger partial charge >= 0.3 is 0 Å². The van der Waals surface area contributed by atoms with Gasteiger partial charge in [0, 0.05) is 17.6 Å². The molecule has 0 aromatic heterocycles. The van der Waals surface area contributed by atoms with Gasteiger partial charge in [-0.25, -0.2) is 17.5 Å². The third-order valence-corrected chi connectivity index (χ3v) is 5.00. The summed E-state index contributed by atoms with van der Waals surface area (Å²) in [5.41, 5.74) is 5.43. The molecule has 3 N–H and O–H groups in total. The largest absolute Gasteiger partial charge is 0.326 e. The molecule has 0 heterocycles. The Labute approximate surface area is 114 Å². The van der Waals surface area contributed by atoms with Gasteiger partial charge in [-0.15, -0.1) is 0 Å². The molecule has 0 aliphatic carbocycles. The van der Waals surface area contributed by atoms with E-state index in [-0.39, 0.29) is 17.0 Å². The first-order valence-electron chi connectivity index (χ1n) is 6.16. The molecule has 0 spiro atoms. The first-order chi connectivity index (χ1) is 8.63. The lowest BCUT2D eigenvalue weighted by atomic mass is 10.0. The lowest BCUT2D eigenvalue weighted by Gasteiger charge is -2.25. The number of hydrogen-bond donors (Lipinski definition) is 2. The van der Waals surface area contributed by atoms with Crippen LogP contribution in [0.4, 0.5) is 4.39 Å². The molecule has 0 aliphatic heterocycles. The zero-order chi connectivity index (χ0) is 14.8. The molecule has 0 unspecified atom stereocenters. The van der Waals surface area contributed by atoms with Crippen LogP contribution in [0.15, 0.2) is 17.0 Å². The van der Waals surface area contributed by atoms with Gasteiger partial charge in [0.05, 0.1) is 4.90 Å². The average Bonchev–Trinajstić information content (AvgIpc) is 2.31. The van der Waals surface area contributed by atoms with Crippen LogP contribution in [-0.4, -0.2) is 14.0 Å². The highest BCUT2D eigenvalue weighted by Crippen LogP contribution is 2.22. The molecule has 0 saturated heterocycles. The summed E-state index contributed by atoms with van der Waals surface area (Å²) >= 11 is 0. The standard InChI is InChI=1S/C13H21FN2O2S/c1-5-13(3,4)16-19(17,18)12-7-10(8-15)6-11(14)9(12)2/h6-7,16H,5,8,15H2,1-4H3. The summed E-state index contributed by atoms with van der Waals surface area (Å²) in [7, 11) is -3.76. The van der Waals surface area contributed by atoms with Gasteiger partial charge in [-0.3, -0.25) is 0 Å². The SMILES string of the molecule is CCC(C)(C)NS(=O)(=O)c1cc(CN)cc(F)c1C. The molecule has 1 aromatic rings. The molecule has 108 valence electrons. The van der Waals surface area contributed by atoms with E-state index in [1.807, 2.05) is 6.92 Å². The fraction of sp³-hybridized carbons (Fsp3) is 0.538. The molecular formula is C13H21FN2O2S. The summed E-state index contributed by atoms with van der Waals surface area (Å²) in [6.45, 7) is 6.98. The topological polar surface area (TPSA) is 72.2 Å². The van der Waals surface area contributed by atoms with Crippen LogP contribution in [0.5, 0.6) is 0 Å². The molecule has 0 radical (unpaired) electrons. The fourth-order valence-corrected chi connectivity index (χ4v) is 3.38. The van der Waals surface area contributed by atoms with Crippen molar-refractivity contribution in [2.24, 2.45) is 5.73 Å². The van der Waals surface area contributed by atoms with Crippen molar-refractivity contribution in [2.75, 3.05) is 0 Å². The van der Waals surface area contributed by atoms with Crippen LogP contribution in [0, 0.1) is 12.7 Å². The maximum atomic E-state index is 13.7. The Morgan fingerprint density at radius 1 is 1.37 bits per heavy atom. The number of nitrogens with one attached hydrogen (secondary N) is 1. The number of halogens is 1. The van der Waals surface area contributed by atoms with Crippen molar-refractivity contribution < 1.29 is 12.8 Å². The molecule has 1 rings (SSSR count). The average molecular weight is 288 g/mol. The van der Waals surface area contributed by atoms with Crippen molar-refractivity contribution in [3.8, 4) is 0 Å². The number of rotatable bonds is 5. The van der Waals surface area contributed by atoms with Gasteiger partial charge in [0.25, 0.3) is 0 Å². The van der Waals surface area contributed by atoms with Gasteiger partial charge < -0.3 is 5.73 Å². The van der Waals surface area contributed by atoms with Crippen molar-refractivity contribution in [1.29, 1.82) is 0 Å². The van der Waals surface area contributed by atoms with Gasteiger partial charge in [0.15, 0.2) is 0 Å². The lowest BCUT2D eigenvalue weighted by Crippen LogP contribution is -2.42. The van der Waals surface area contributed by atoms with Crippen LogP contribution >= 0.6 is 0 Å². The molecular weight excluding hydrogens is 267 g/mol. The van der Waals surface area contributed by atoms with Crippen molar-refractivity contribution in [2.45, 2.75) is 51.1 Å². The van der Waals surface area contributed by atoms with Crippen LogP contribution in [0.2, 0.25) is 0 Å². The predicted molar refractivity (Wildman–Crippen MR) is 73.7 cm³/mol. The summed E-state index contributed by atoms with van der Waals surface area (Å²) < 4.78 is 41.0. The first-order valence-corrected chi connectivity index (χ1v) is 7.64. The zero-order valence-corrected chi connectivity index (χ0v) is 12.6. The fourth-order valence-electron chi connectivity index (χ4n) is 1.59. The molecule has 0 amide bonds. The van der Waals surface area contributed by atoms with E-state index in [1.165, 1.54) is 19.1 Å². The first kappa shape index (κ1) is 16.1. The lowest BCUT2D eigenvalue weighted by molar-refractivity contribution is 0.439. The van der Waals surface area contributed by atoms with Crippen LogP contribution in [0.1, 0.15) is 38.3 Å². The number of sulfonamides is 1. The van der Waals surface area contributed by atoms with Crippen LogP contribution in [0.3, 0.4) is 0 Å². The summed E-state index contributed by atoms with van der Waals surface area (Å²) in [4.78, 5) is -0.0468. The number of hydrogen-bond acceptors (Lipinski definition) is 3. The highest BCUT2D eigenvalue weighted by atomic mass is 32.2. The van der Waals surface area contributed by atoms with Gasteiger partial charge in [0.1, 0.15) is 5.82 Å². The van der Waals surface area contributed by atoms with E-state index in [1.54, 1.807) is 13.8 Å². The molecule has 0 aliphatic rings. The Bertz CT molecular complexity index is 568. The number of nitrogens with two attached hydrogens (primary N) is 1. The Hall–Kier alpha value is -0.980. The molecule has 0 fully saturated rings. The molecule has 4 nitrogen and oxygen atoms in total. The van der Waals surface area contributed by atoms with E-state index in [9.17, 15) is 12.8 Å². The van der Waals surface area contributed by atoms with Crippen molar-refractivity contribution >= 4 is 10.0 Å². The van der Waals surface area contributed by atoms with Crippen LogP contribution in [-0.2, 0) is 16.6 Å². The Kier molecular flexibility index (Phi) is 4.71. The minimum atomic E-state index is -3.76. The van der Waals surface area contributed by atoms with E-state index < -0.39 is 21.4 Å². The summed E-state index contributed by atoms with van der Waals surface area (Å²) in [6, 6.07) is 2.69. The highest BCUT2D eigenvalue weighted by Gasteiger charge is 2.27. The quantitative estimate of drug-likeness (QED) is 0.871. The molecule has 0 saturated carbocycles. The highest BCUT2D eigenvalue weighted by molar-refractivity contribution is 7.89. The molecule has 1 aromatic carbocycles. The maximum absolute atomic E-state index is 13.7. The number of benzene rings is 1. The van der Waals surface area contributed by atoms with E-state index in [4.69, 9.17) is 5.73 Å². The van der Waals surface area contributed by atoms with Gasteiger partial charge in [-0.1, -0.05) is 6.92 Å². The normalized spacial score (nSPS) is 12.7. The molecule has 19 heavy (non-hydrogen) atoms. The minimum absolute atomic E-state index is 0.0468. The van der Waals surface area contributed by atoms with Gasteiger partial charge in [-0.05, 0) is 44.9 Å². The Morgan fingerprint density at radius 3 is 2.42 bits per heavy atom. The summed E-state index contributed by atoms with van der Waals surface area (Å²) in [5.74, 6) is -0.558. The van der Waals surface area contributed by atoms with Gasteiger partial charge in [-0.2, -0.15) is 0 Å². The zero-order valence-electron chi connectivity index (χ0n) is 11.7. The van der Waals surface area contributed by atoms with Crippen molar-refractivity contribution in [3.63, 3.8) is 0 Å². The summed E-state index contributed by atoms with van der Waals surface area (Å²) in [5, 5.41) is 0. The third-order valence-electron chi connectivity index (χ3n) is 3.18. The van der Waals surface area contributed by atoms with Crippen LogP contribution < -0.4 is 10.5 Å².